The van der Waals surface area contributed by atoms with Crippen LogP contribution in [0.25, 0.3) is 5.57 Å². The predicted molar refractivity (Wildman–Crippen MR) is 88.6 cm³/mol. The number of carbonyl (C=O) groups excluding carboxylic acids is 1. The Balaban J connectivity index is 1.80. The molecule has 0 spiro atoms. The van der Waals surface area contributed by atoms with Gasteiger partial charge < -0.3 is 9.88 Å². The molecule has 2 heterocycles. The number of pyridine rings is 1. The first-order valence-electron chi connectivity index (χ1n) is 7.57. The Morgan fingerprint density at radius 1 is 1.32 bits per heavy atom. The normalized spacial score (nSPS) is 14.1. The second kappa shape index (κ2) is 6.68. The van der Waals surface area contributed by atoms with Crippen LogP contribution in [0.15, 0.2) is 47.4 Å². The molecule has 1 aliphatic heterocycles. The number of halogens is 1. The molecule has 1 aliphatic rings. The largest absolute Gasteiger partial charge is 0.335 e. The van der Waals surface area contributed by atoms with E-state index in [9.17, 15) is 24.1 Å². The first-order valence-corrected chi connectivity index (χ1v) is 7.57. The number of aromatic nitrogens is 1. The summed E-state index contributed by atoms with van der Waals surface area (Å²) in [6.07, 6.45) is 3.39. The zero-order valence-electron chi connectivity index (χ0n) is 13.1. The highest BCUT2D eigenvalue weighted by Gasteiger charge is 2.23. The molecule has 0 saturated heterocycles. The Labute approximate surface area is 141 Å². The van der Waals surface area contributed by atoms with Crippen LogP contribution < -0.4 is 5.56 Å². The number of amides is 1. The maximum Gasteiger partial charge on any atom is 0.334 e. The van der Waals surface area contributed by atoms with E-state index in [0.29, 0.717) is 18.5 Å². The molecule has 0 fully saturated rings. The number of carbonyl (C=O) groups is 1. The molecular formula is C17H14FN3O4. The quantitative estimate of drug-likeness (QED) is 0.683. The smallest absolute Gasteiger partial charge is 0.334 e. The van der Waals surface area contributed by atoms with Crippen molar-refractivity contribution < 1.29 is 14.1 Å². The lowest BCUT2D eigenvalue weighted by atomic mass is 9.98. The highest BCUT2D eigenvalue weighted by molar-refractivity contribution is 5.95. The van der Waals surface area contributed by atoms with Crippen LogP contribution in [0.1, 0.15) is 22.3 Å². The van der Waals surface area contributed by atoms with E-state index >= 15 is 0 Å². The molecule has 8 heteroatoms. The molecule has 25 heavy (non-hydrogen) atoms. The van der Waals surface area contributed by atoms with Crippen LogP contribution >= 0.6 is 0 Å². The van der Waals surface area contributed by atoms with Gasteiger partial charge in [-0.1, -0.05) is 24.3 Å². The van der Waals surface area contributed by atoms with Gasteiger partial charge in [-0.05, 0) is 18.1 Å². The van der Waals surface area contributed by atoms with E-state index in [1.54, 1.807) is 24.3 Å². The fraction of sp³-hybridized carbons (Fsp3) is 0.176. The second-order valence-electron chi connectivity index (χ2n) is 5.57. The molecule has 0 aliphatic carbocycles. The number of nitrogens with one attached hydrogen (secondary N) is 1. The van der Waals surface area contributed by atoms with Gasteiger partial charge in [0.1, 0.15) is 5.82 Å². The Bertz CT molecular complexity index is 935. The van der Waals surface area contributed by atoms with Crippen molar-refractivity contribution in [3.63, 3.8) is 0 Å². The van der Waals surface area contributed by atoms with E-state index in [4.69, 9.17) is 0 Å². The molecule has 1 aromatic carbocycles. The lowest BCUT2D eigenvalue weighted by Gasteiger charge is -2.26. The highest BCUT2D eigenvalue weighted by Crippen LogP contribution is 2.25. The average molecular weight is 343 g/mol. The van der Waals surface area contributed by atoms with Crippen molar-refractivity contribution in [2.75, 3.05) is 13.1 Å². The fourth-order valence-electron chi connectivity index (χ4n) is 2.73. The number of nitrogens with zero attached hydrogens (tertiary/aromatic N) is 2. The maximum atomic E-state index is 13.8. The summed E-state index contributed by atoms with van der Waals surface area (Å²) < 4.78 is 13.8. The van der Waals surface area contributed by atoms with Crippen molar-refractivity contribution in [1.82, 2.24) is 9.88 Å². The van der Waals surface area contributed by atoms with Crippen LogP contribution in [0.2, 0.25) is 0 Å². The molecule has 128 valence electrons. The summed E-state index contributed by atoms with van der Waals surface area (Å²) >= 11 is 0. The minimum atomic E-state index is -0.859. The molecule has 1 N–H and O–H groups in total. The van der Waals surface area contributed by atoms with Crippen LogP contribution in [0.3, 0.4) is 0 Å². The van der Waals surface area contributed by atoms with Gasteiger partial charge in [-0.2, -0.15) is 0 Å². The maximum absolute atomic E-state index is 13.8. The third kappa shape index (κ3) is 3.32. The molecule has 0 radical (unpaired) electrons. The lowest BCUT2D eigenvalue weighted by Crippen LogP contribution is -2.35. The lowest BCUT2D eigenvalue weighted by molar-refractivity contribution is -0.386. The van der Waals surface area contributed by atoms with Gasteiger partial charge in [0.05, 0.1) is 10.5 Å². The van der Waals surface area contributed by atoms with E-state index in [0.717, 1.165) is 17.8 Å². The molecule has 0 bridgehead atoms. The average Bonchev–Trinajstić information content (AvgIpc) is 2.62. The van der Waals surface area contributed by atoms with Gasteiger partial charge in [-0.25, -0.2) is 4.39 Å². The predicted octanol–water partition coefficient (Wildman–Crippen LogP) is 2.35. The van der Waals surface area contributed by atoms with E-state index in [-0.39, 0.29) is 17.9 Å². The molecule has 0 atom stereocenters. The van der Waals surface area contributed by atoms with Gasteiger partial charge in [-0.3, -0.25) is 19.7 Å². The standard InChI is InChI=1S/C17H14FN3O4/c18-14-4-2-1-3-13(14)11-5-7-20(8-6-11)17(23)12-9-15(21(24)25)16(22)19-10-12/h1-5,9-10H,6-8H2,(H,19,22). The van der Waals surface area contributed by atoms with Gasteiger partial charge in [0.15, 0.2) is 0 Å². The van der Waals surface area contributed by atoms with E-state index in [1.165, 1.54) is 11.0 Å². The Kier molecular flexibility index (Phi) is 4.42. The minimum Gasteiger partial charge on any atom is -0.335 e. The SMILES string of the molecule is O=C(c1c[nH]c(=O)c([N+](=O)[O-])c1)N1CC=C(c2ccccc2F)CC1. The van der Waals surface area contributed by atoms with Crippen molar-refractivity contribution in [3.05, 3.63) is 80.0 Å². The number of rotatable bonds is 3. The number of H-pyrrole nitrogens is 1. The summed E-state index contributed by atoms with van der Waals surface area (Å²) in [7, 11) is 0. The van der Waals surface area contributed by atoms with Crippen molar-refractivity contribution in [1.29, 1.82) is 0 Å². The molecule has 0 unspecified atom stereocenters. The zero-order chi connectivity index (χ0) is 18.0. The molecule has 1 amide bonds. The van der Waals surface area contributed by atoms with Crippen LogP contribution in [-0.4, -0.2) is 33.8 Å². The Morgan fingerprint density at radius 3 is 2.72 bits per heavy atom. The van der Waals surface area contributed by atoms with Gasteiger partial charge >= 0.3 is 11.2 Å². The van der Waals surface area contributed by atoms with Gasteiger partial charge in [-0.15, -0.1) is 0 Å². The molecule has 1 aromatic heterocycles. The monoisotopic (exact) mass is 343 g/mol. The fourth-order valence-corrected chi connectivity index (χ4v) is 2.73. The van der Waals surface area contributed by atoms with Gasteiger partial charge in [0.2, 0.25) is 0 Å². The topological polar surface area (TPSA) is 96.3 Å². The number of hydrogen-bond donors (Lipinski definition) is 1. The van der Waals surface area contributed by atoms with Crippen LogP contribution in [0, 0.1) is 15.9 Å². The first-order chi connectivity index (χ1) is 12.0. The van der Waals surface area contributed by atoms with Crippen LogP contribution in [0.4, 0.5) is 10.1 Å². The number of aromatic amines is 1. The van der Waals surface area contributed by atoms with Crippen LogP contribution in [0.5, 0.6) is 0 Å². The molecule has 3 rings (SSSR count). The third-order valence-corrected chi connectivity index (χ3v) is 4.04. The summed E-state index contributed by atoms with van der Waals surface area (Å²) in [5.41, 5.74) is -0.176. The Morgan fingerprint density at radius 2 is 2.08 bits per heavy atom. The highest BCUT2D eigenvalue weighted by atomic mass is 19.1. The van der Waals surface area contributed by atoms with E-state index < -0.39 is 22.1 Å². The van der Waals surface area contributed by atoms with E-state index in [1.807, 2.05) is 0 Å². The van der Waals surface area contributed by atoms with E-state index in [2.05, 4.69) is 4.98 Å². The third-order valence-electron chi connectivity index (χ3n) is 4.04. The van der Waals surface area contributed by atoms with Crippen molar-refractivity contribution in [2.24, 2.45) is 0 Å². The summed E-state index contributed by atoms with van der Waals surface area (Å²) in [6.45, 7) is 0.612. The number of nitro groups is 1. The number of hydrogen-bond acceptors (Lipinski definition) is 4. The summed E-state index contributed by atoms with van der Waals surface area (Å²) in [5.74, 6) is -0.743. The van der Waals surface area contributed by atoms with Crippen molar-refractivity contribution in [2.45, 2.75) is 6.42 Å². The molecule has 2 aromatic rings. The molecule has 0 saturated carbocycles. The van der Waals surface area contributed by atoms with Gasteiger partial charge in [0.25, 0.3) is 5.91 Å². The molecular weight excluding hydrogens is 329 g/mol. The van der Waals surface area contributed by atoms with Crippen LogP contribution in [-0.2, 0) is 0 Å². The van der Waals surface area contributed by atoms with Crippen molar-refractivity contribution >= 4 is 17.2 Å². The number of benzene rings is 1. The minimum absolute atomic E-state index is 0.0361. The van der Waals surface area contributed by atoms with Crippen molar-refractivity contribution in [3.8, 4) is 0 Å². The summed E-state index contributed by atoms with van der Waals surface area (Å²) in [5, 5.41) is 10.8. The summed E-state index contributed by atoms with van der Waals surface area (Å²) in [6, 6.07) is 7.39. The second-order valence-corrected chi connectivity index (χ2v) is 5.57. The zero-order valence-corrected chi connectivity index (χ0v) is 13.1. The van der Waals surface area contributed by atoms with Gasteiger partial charge in [0, 0.05) is 30.9 Å². The molecule has 7 nitrogen and oxygen atoms in total. The first kappa shape index (κ1) is 16.6. The summed E-state index contributed by atoms with van der Waals surface area (Å²) in [4.78, 5) is 37.5. The Hall–Kier alpha value is -3.29.